The Morgan fingerprint density at radius 2 is 2.00 bits per heavy atom. The van der Waals surface area contributed by atoms with Gasteiger partial charge < -0.3 is 9.88 Å². The lowest BCUT2D eigenvalue weighted by Crippen LogP contribution is -2.46. The van der Waals surface area contributed by atoms with Gasteiger partial charge in [-0.15, -0.1) is 0 Å². The Morgan fingerprint density at radius 3 is 2.71 bits per heavy atom. The van der Waals surface area contributed by atoms with Crippen LogP contribution in [-0.4, -0.2) is 27.3 Å². The molecule has 1 aromatic heterocycles. The van der Waals surface area contributed by atoms with E-state index in [0.717, 1.165) is 22.7 Å². The predicted octanol–water partition coefficient (Wildman–Crippen LogP) is 4.09. The highest BCUT2D eigenvalue weighted by Gasteiger charge is 2.28. The standard InChI is InChI=1S/C19H27N3OS/c1-4-22-16-11-6-5-10-15(16)20-19(22)24-12-17(23)21-18-13(2)8-7-9-14(18)3/h5-6,10-11,13-14,18H,4,7-9,12H2,1-3H3,(H,21,23). The lowest BCUT2D eigenvalue weighted by molar-refractivity contribution is -0.120. The van der Waals surface area contributed by atoms with Crippen molar-refractivity contribution in [2.24, 2.45) is 11.8 Å². The van der Waals surface area contributed by atoms with Crippen LogP contribution in [0.2, 0.25) is 0 Å². The van der Waals surface area contributed by atoms with Gasteiger partial charge in [-0.1, -0.05) is 44.2 Å². The minimum atomic E-state index is 0.125. The van der Waals surface area contributed by atoms with E-state index in [1.807, 2.05) is 18.2 Å². The molecule has 4 nitrogen and oxygen atoms in total. The summed E-state index contributed by atoms with van der Waals surface area (Å²) in [5, 5.41) is 4.19. The normalized spacial score (nSPS) is 24.2. The van der Waals surface area contributed by atoms with Gasteiger partial charge in [0.2, 0.25) is 5.91 Å². The number of imidazole rings is 1. The van der Waals surface area contributed by atoms with E-state index in [0.29, 0.717) is 23.6 Å². The molecule has 3 rings (SSSR count). The fraction of sp³-hybridized carbons (Fsp3) is 0.579. The number of amides is 1. The zero-order chi connectivity index (χ0) is 17.1. The van der Waals surface area contributed by atoms with Crippen molar-refractivity contribution in [3.8, 4) is 0 Å². The molecule has 2 aromatic rings. The molecular formula is C19H27N3OS. The molecule has 0 spiro atoms. The minimum Gasteiger partial charge on any atom is -0.352 e. The molecule has 0 aliphatic heterocycles. The van der Waals surface area contributed by atoms with Gasteiger partial charge in [0.1, 0.15) is 0 Å². The van der Waals surface area contributed by atoms with Crippen LogP contribution in [0, 0.1) is 11.8 Å². The Hall–Kier alpha value is -1.49. The van der Waals surface area contributed by atoms with Crippen molar-refractivity contribution in [2.45, 2.75) is 57.8 Å². The van der Waals surface area contributed by atoms with Crippen molar-refractivity contribution in [3.05, 3.63) is 24.3 Å². The number of para-hydroxylation sites is 2. The van der Waals surface area contributed by atoms with Gasteiger partial charge in [0.15, 0.2) is 5.16 Å². The molecule has 0 saturated heterocycles. The number of carbonyl (C=O) groups excluding carboxylic acids is 1. The van der Waals surface area contributed by atoms with Gasteiger partial charge in [0.25, 0.3) is 0 Å². The van der Waals surface area contributed by atoms with E-state index in [4.69, 9.17) is 0 Å². The number of carbonyl (C=O) groups is 1. The highest BCUT2D eigenvalue weighted by Crippen LogP contribution is 2.29. The second-order valence-electron chi connectivity index (χ2n) is 6.89. The molecule has 1 aromatic carbocycles. The summed E-state index contributed by atoms with van der Waals surface area (Å²) in [6.07, 6.45) is 3.71. The first-order valence-corrected chi connectivity index (χ1v) is 9.96. The van der Waals surface area contributed by atoms with Crippen LogP contribution in [0.3, 0.4) is 0 Å². The number of thioether (sulfide) groups is 1. The summed E-state index contributed by atoms with van der Waals surface area (Å²) < 4.78 is 2.18. The number of hydrogen-bond donors (Lipinski definition) is 1. The lowest BCUT2D eigenvalue weighted by Gasteiger charge is -2.35. The number of rotatable bonds is 5. The Morgan fingerprint density at radius 1 is 1.29 bits per heavy atom. The number of nitrogens with one attached hydrogen (secondary N) is 1. The van der Waals surface area contributed by atoms with Gasteiger partial charge in [0.05, 0.1) is 16.8 Å². The van der Waals surface area contributed by atoms with Gasteiger partial charge in [0, 0.05) is 12.6 Å². The van der Waals surface area contributed by atoms with Gasteiger partial charge >= 0.3 is 0 Å². The smallest absolute Gasteiger partial charge is 0.230 e. The van der Waals surface area contributed by atoms with Crippen LogP contribution in [-0.2, 0) is 11.3 Å². The number of hydrogen-bond acceptors (Lipinski definition) is 3. The van der Waals surface area contributed by atoms with E-state index in [1.54, 1.807) is 0 Å². The van der Waals surface area contributed by atoms with Crippen LogP contribution >= 0.6 is 11.8 Å². The fourth-order valence-electron chi connectivity index (χ4n) is 3.79. The average Bonchev–Trinajstić information content (AvgIpc) is 2.94. The molecule has 1 saturated carbocycles. The SMILES string of the molecule is CCn1c(SCC(=O)NC2C(C)CCCC2C)nc2ccccc21. The van der Waals surface area contributed by atoms with Crippen LogP contribution in [0.1, 0.15) is 40.0 Å². The second-order valence-corrected chi connectivity index (χ2v) is 7.84. The third-order valence-corrected chi connectivity index (χ3v) is 6.12. The Labute approximate surface area is 148 Å². The predicted molar refractivity (Wildman–Crippen MR) is 100 cm³/mol. The molecule has 1 aliphatic rings. The minimum absolute atomic E-state index is 0.125. The van der Waals surface area contributed by atoms with Gasteiger partial charge in [-0.3, -0.25) is 4.79 Å². The maximum atomic E-state index is 12.4. The first-order chi connectivity index (χ1) is 11.6. The third kappa shape index (κ3) is 3.61. The monoisotopic (exact) mass is 345 g/mol. The van der Waals surface area contributed by atoms with Crippen molar-refractivity contribution in [1.29, 1.82) is 0 Å². The molecule has 1 heterocycles. The molecule has 1 aliphatic carbocycles. The zero-order valence-electron chi connectivity index (χ0n) is 14.8. The number of aryl methyl sites for hydroxylation is 1. The summed E-state index contributed by atoms with van der Waals surface area (Å²) in [4.78, 5) is 17.1. The molecular weight excluding hydrogens is 318 g/mol. The summed E-state index contributed by atoms with van der Waals surface area (Å²) in [5.74, 6) is 1.70. The summed E-state index contributed by atoms with van der Waals surface area (Å²) >= 11 is 1.54. The van der Waals surface area contributed by atoms with E-state index in [1.165, 1.54) is 31.0 Å². The van der Waals surface area contributed by atoms with E-state index < -0.39 is 0 Å². The first-order valence-electron chi connectivity index (χ1n) is 8.97. The molecule has 24 heavy (non-hydrogen) atoms. The van der Waals surface area contributed by atoms with Crippen LogP contribution in [0.5, 0.6) is 0 Å². The maximum absolute atomic E-state index is 12.4. The zero-order valence-corrected chi connectivity index (χ0v) is 15.6. The lowest BCUT2D eigenvalue weighted by atomic mass is 9.79. The number of nitrogens with zero attached hydrogens (tertiary/aromatic N) is 2. The molecule has 5 heteroatoms. The average molecular weight is 346 g/mol. The fourth-order valence-corrected chi connectivity index (χ4v) is 4.68. The highest BCUT2D eigenvalue weighted by atomic mass is 32.2. The maximum Gasteiger partial charge on any atom is 0.230 e. The Balaban J connectivity index is 1.64. The van der Waals surface area contributed by atoms with E-state index >= 15 is 0 Å². The molecule has 1 N–H and O–H groups in total. The molecule has 130 valence electrons. The van der Waals surface area contributed by atoms with Crippen molar-refractivity contribution in [3.63, 3.8) is 0 Å². The Kier molecular flexibility index (Phi) is 5.49. The first kappa shape index (κ1) is 17.3. The van der Waals surface area contributed by atoms with Crippen LogP contribution < -0.4 is 5.32 Å². The van der Waals surface area contributed by atoms with E-state index in [9.17, 15) is 4.79 Å². The number of aromatic nitrogens is 2. The third-order valence-electron chi connectivity index (χ3n) is 5.14. The highest BCUT2D eigenvalue weighted by molar-refractivity contribution is 7.99. The van der Waals surface area contributed by atoms with Gasteiger partial charge in [-0.25, -0.2) is 4.98 Å². The summed E-state index contributed by atoms with van der Waals surface area (Å²) in [6, 6.07) is 8.46. The second kappa shape index (κ2) is 7.60. The van der Waals surface area contributed by atoms with Crippen LogP contribution in [0.15, 0.2) is 29.4 Å². The van der Waals surface area contributed by atoms with Crippen molar-refractivity contribution in [2.75, 3.05) is 5.75 Å². The number of benzene rings is 1. The Bertz CT molecular complexity index is 702. The van der Waals surface area contributed by atoms with Gasteiger partial charge in [-0.2, -0.15) is 0 Å². The molecule has 2 atom stereocenters. The van der Waals surface area contributed by atoms with Crippen molar-refractivity contribution >= 4 is 28.7 Å². The van der Waals surface area contributed by atoms with Crippen molar-refractivity contribution in [1.82, 2.24) is 14.9 Å². The van der Waals surface area contributed by atoms with Crippen LogP contribution in [0.4, 0.5) is 0 Å². The molecule has 0 radical (unpaired) electrons. The molecule has 1 fully saturated rings. The molecule has 1 amide bonds. The quantitative estimate of drug-likeness (QED) is 0.830. The molecule has 2 unspecified atom stereocenters. The van der Waals surface area contributed by atoms with E-state index in [-0.39, 0.29) is 5.91 Å². The summed E-state index contributed by atoms with van der Waals surface area (Å²) in [5.41, 5.74) is 2.13. The topological polar surface area (TPSA) is 46.9 Å². The number of fused-ring (bicyclic) bond motifs is 1. The summed E-state index contributed by atoms with van der Waals surface area (Å²) in [7, 11) is 0. The molecule has 0 bridgehead atoms. The largest absolute Gasteiger partial charge is 0.352 e. The summed E-state index contributed by atoms with van der Waals surface area (Å²) in [6.45, 7) is 7.49. The van der Waals surface area contributed by atoms with E-state index in [2.05, 4.69) is 41.7 Å². The van der Waals surface area contributed by atoms with Crippen LogP contribution in [0.25, 0.3) is 11.0 Å². The van der Waals surface area contributed by atoms with Gasteiger partial charge in [-0.05, 0) is 43.7 Å². The van der Waals surface area contributed by atoms with Crippen molar-refractivity contribution < 1.29 is 4.79 Å².